The highest BCUT2D eigenvalue weighted by molar-refractivity contribution is 5.72. The molecule has 2 aromatic carbocycles. The molecule has 1 aliphatic heterocycles. The highest BCUT2D eigenvalue weighted by Gasteiger charge is 2.37. The number of halogens is 1. The Morgan fingerprint density at radius 2 is 1.87 bits per heavy atom. The summed E-state index contributed by atoms with van der Waals surface area (Å²) in [4.78, 5) is 18.3. The number of methoxy groups -OCH3 is 1. The van der Waals surface area contributed by atoms with E-state index in [1.807, 2.05) is 18.2 Å². The average Bonchev–Trinajstić information content (AvgIpc) is 3.28. The van der Waals surface area contributed by atoms with Gasteiger partial charge < -0.3 is 24.4 Å². The second-order valence-corrected chi connectivity index (χ2v) is 10.1. The molecule has 3 aromatic rings. The summed E-state index contributed by atoms with van der Waals surface area (Å²) in [6.07, 6.45) is 1.75. The molecule has 38 heavy (non-hydrogen) atoms. The maximum atomic E-state index is 14.3. The van der Waals surface area contributed by atoms with Crippen LogP contribution in [0.4, 0.5) is 14.9 Å². The summed E-state index contributed by atoms with van der Waals surface area (Å²) in [5, 5.41) is 12.6. The molecule has 4 rings (SSSR count). The zero-order chi connectivity index (χ0) is 27.3. The van der Waals surface area contributed by atoms with Gasteiger partial charge in [0.2, 0.25) is 0 Å². The molecule has 0 spiro atoms. The van der Waals surface area contributed by atoms with Gasteiger partial charge in [0, 0.05) is 30.9 Å². The molecule has 2 heterocycles. The number of benzene rings is 2. The molecule has 1 fully saturated rings. The lowest BCUT2D eigenvalue weighted by Crippen LogP contribution is -2.42. The van der Waals surface area contributed by atoms with Crippen molar-refractivity contribution < 1.29 is 23.4 Å². The fraction of sp³-hybridized carbons (Fsp3) is 0.345. The summed E-state index contributed by atoms with van der Waals surface area (Å²) in [6.45, 7) is 5.66. The number of alkyl halides is 1. The molecule has 1 saturated heterocycles. The first-order chi connectivity index (χ1) is 18.1. The highest BCUT2D eigenvalue weighted by atomic mass is 19.1. The second-order valence-electron chi connectivity index (χ2n) is 10.1. The minimum atomic E-state index is -1.12. The van der Waals surface area contributed by atoms with Crippen LogP contribution in [-0.2, 0) is 4.74 Å². The molecule has 9 heteroatoms. The number of amides is 1. The number of nitrogens with one attached hydrogen (secondary N) is 1. The Bertz CT molecular complexity index is 1320. The van der Waals surface area contributed by atoms with Crippen molar-refractivity contribution in [1.82, 2.24) is 9.88 Å². The monoisotopic (exact) mass is 518 g/mol. The lowest BCUT2D eigenvalue weighted by Gasteiger charge is -2.28. The quantitative estimate of drug-likeness (QED) is 0.399. The number of pyridine rings is 1. The predicted octanol–water partition coefficient (Wildman–Crippen LogP) is 6.18. The Balaban J connectivity index is 1.59. The van der Waals surface area contributed by atoms with Crippen LogP contribution in [0.15, 0.2) is 60.9 Å². The summed E-state index contributed by atoms with van der Waals surface area (Å²) < 4.78 is 31.3. The van der Waals surface area contributed by atoms with Crippen LogP contribution >= 0.6 is 0 Å². The van der Waals surface area contributed by atoms with Gasteiger partial charge in [0.25, 0.3) is 0 Å². The molecule has 0 radical (unpaired) electrons. The molecule has 1 aromatic heterocycles. The van der Waals surface area contributed by atoms with E-state index in [0.29, 0.717) is 35.0 Å². The minimum Gasteiger partial charge on any atom is -0.497 e. The molecule has 0 aliphatic carbocycles. The molecule has 1 amide bonds. The Labute approximate surface area is 222 Å². The minimum absolute atomic E-state index is 0.00234. The highest BCUT2D eigenvalue weighted by Crippen LogP contribution is 2.35. The fourth-order valence-corrected chi connectivity index (χ4v) is 4.19. The molecule has 198 valence electrons. The van der Waals surface area contributed by atoms with E-state index in [0.717, 1.165) is 11.1 Å². The van der Waals surface area contributed by atoms with Gasteiger partial charge in [-0.05, 0) is 68.8 Å². The van der Waals surface area contributed by atoms with E-state index < -0.39 is 17.9 Å². The van der Waals surface area contributed by atoms with Crippen molar-refractivity contribution in [3.63, 3.8) is 0 Å². The summed E-state index contributed by atoms with van der Waals surface area (Å²) in [6, 6.07) is 16.2. The zero-order valence-corrected chi connectivity index (χ0v) is 21.9. The van der Waals surface area contributed by atoms with E-state index >= 15 is 0 Å². The fourth-order valence-electron chi connectivity index (χ4n) is 4.19. The number of aromatic nitrogens is 1. The number of likely N-dealkylation sites (tertiary alicyclic amines) is 1. The van der Waals surface area contributed by atoms with Crippen LogP contribution in [0.2, 0.25) is 0 Å². The van der Waals surface area contributed by atoms with Gasteiger partial charge in [-0.25, -0.2) is 9.18 Å². The zero-order valence-electron chi connectivity index (χ0n) is 21.9. The summed E-state index contributed by atoms with van der Waals surface area (Å²) in [5.41, 5.74) is 2.02. The number of hydrogen-bond donors (Lipinski definition) is 1. The maximum absolute atomic E-state index is 14.3. The normalized spacial score (nSPS) is 17.0. The topological polar surface area (TPSA) is 96.7 Å². The lowest BCUT2D eigenvalue weighted by atomic mass is 10.0. The van der Waals surface area contributed by atoms with Gasteiger partial charge in [-0.3, -0.25) is 4.98 Å². The van der Waals surface area contributed by atoms with Crippen molar-refractivity contribution in [3.8, 4) is 34.4 Å². The first kappa shape index (κ1) is 26.7. The smallest absolute Gasteiger partial charge is 0.410 e. The number of carbonyl (C=O) groups excluding carboxylic acids is 1. The van der Waals surface area contributed by atoms with Crippen LogP contribution in [0.1, 0.15) is 32.8 Å². The van der Waals surface area contributed by atoms with Crippen molar-refractivity contribution in [2.45, 2.75) is 45.0 Å². The van der Waals surface area contributed by atoms with E-state index in [2.05, 4.69) is 16.4 Å². The van der Waals surface area contributed by atoms with Crippen LogP contribution in [0, 0.1) is 11.3 Å². The maximum Gasteiger partial charge on any atom is 0.410 e. The Hall–Kier alpha value is -4.32. The van der Waals surface area contributed by atoms with Gasteiger partial charge in [0.1, 0.15) is 29.3 Å². The molecule has 1 aliphatic rings. The molecule has 0 unspecified atom stereocenters. The first-order valence-electron chi connectivity index (χ1n) is 12.3. The second kappa shape index (κ2) is 11.4. The van der Waals surface area contributed by atoms with Crippen LogP contribution in [0.3, 0.4) is 0 Å². The van der Waals surface area contributed by atoms with E-state index in [4.69, 9.17) is 14.2 Å². The number of carbonyl (C=O) groups is 1. The standard InChI is InChI=1S/C29H31FN4O4/c1-29(2,3)38-28(35)34-18-22(30)13-23(34)17-33-26-10-5-20(21-11-19(14-31)15-32-16-21)12-27(26)37-25-8-6-24(36-4)7-9-25/h5-12,15-16,22-23,33H,13,17-18H2,1-4H3/t22-,23+/m1/s1. The largest absolute Gasteiger partial charge is 0.497 e. The van der Waals surface area contributed by atoms with E-state index in [1.54, 1.807) is 64.4 Å². The van der Waals surface area contributed by atoms with Gasteiger partial charge in [0.15, 0.2) is 5.75 Å². The van der Waals surface area contributed by atoms with Crippen molar-refractivity contribution in [2.75, 3.05) is 25.5 Å². The van der Waals surface area contributed by atoms with Crippen molar-refractivity contribution in [3.05, 3.63) is 66.5 Å². The summed E-state index contributed by atoms with van der Waals surface area (Å²) in [5.74, 6) is 1.82. The number of nitrogens with zero attached hydrogens (tertiary/aromatic N) is 3. The SMILES string of the molecule is COc1ccc(Oc2cc(-c3cncc(C#N)c3)ccc2NC[C@@H]2C[C@@H](F)CN2C(=O)OC(C)(C)C)cc1. The Kier molecular flexibility index (Phi) is 8.01. The number of anilines is 1. The van der Waals surface area contributed by atoms with Gasteiger partial charge in [-0.15, -0.1) is 0 Å². The Morgan fingerprint density at radius 3 is 2.55 bits per heavy atom. The third-order valence-electron chi connectivity index (χ3n) is 5.99. The van der Waals surface area contributed by atoms with E-state index in [9.17, 15) is 14.4 Å². The third kappa shape index (κ3) is 6.71. The number of nitriles is 1. The number of ether oxygens (including phenoxy) is 3. The van der Waals surface area contributed by atoms with Crippen LogP contribution in [0.5, 0.6) is 17.2 Å². The molecule has 1 N–H and O–H groups in total. The molecular formula is C29H31FN4O4. The molecular weight excluding hydrogens is 487 g/mol. The van der Waals surface area contributed by atoms with Gasteiger partial charge in [-0.2, -0.15) is 5.26 Å². The van der Waals surface area contributed by atoms with Crippen molar-refractivity contribution >= 4 is 11.8 Å². The predicted molar refractivity (Wildman–Crippen MR) is 142 cm³/mol. The number of rotatable bonds is 7. The molecule has 0 saturated carbocycles. The van der Waals surface area contributed by atoms with Gasteiger partial charge in [-0.1, -0.05) is 6.07 Å². The Morgan fingerprint density at radius 1 is 1.13 bits per heavy atom. The van der Waals surface area contributed by atoms with Crippen LogP contribution in [-0.4, -0.2) is 54.0 Å². The van der Waals surface area contributed by atoms with Crippen molar-refractivity contribution in [2.24, 2.45) is 0 Å². The molecule has 8 nitrogen and oxygen atoms in total. The summed E-state index contributed by atoms with van der Waals surface area (Å²) >= 11 is 0. The summed E-state index contributed by atoms with van der Waals surface area (Å²) in [7, 11) is 1.59. The molecule has 0 bridgehead atoms. The van der Waals surface area contributed by atoms with Crippen molar-refractivity contribution in [1.29, 1.82) is 5.26 Å². The van der Waals surface area contributed by atoms with Crippen LogP contribution in [0.25, 0.3) is 11.1 Å². The molecule has 2 atom stereocenters. The average molecular weight is 519 g/mol. The number of hydrogen-bond acceptors (Lipinski definition) is 7. The van der Waals surface area contributed by atoms with E-state index in [1.165, 1.54) is 11.1 Å². The van der Waals surface area contributed by atoms with Gasteiger partial charge in [0.05, 0.1) is 30.9 Å². The van der Waals surface area contributed by atoms with Crippen LogP contribution < -0.4 is 14.8 Å². The lowest BCUT2D eigenvalue weighted by molar-refractivity contribution is 0.0226. The third-order valence-corrected chi connectivity index (χ3v) is 5.99. The van der Waals surface area contributed by atoms with E-state index in [-0.39, 0.29) is 19.0 Å². The van der Waals surface area contributed by atoms with Gasteiger partial charge >= 0.3 is 6.09 Å². The first-order valence-corrected chi connectivity index (χ1v) is 12.3.